The number of pyridine rings is 2. The van der Waals surface area contributed by atoms with Gasteiger partial charge < -0.3 is 5.21 Å². The van der Waals surface area contributed by atoms with Crippen LogP contribution in [-0.4, -0.2) is 4.98 Å². The van der Waals surface area contributed by atoms with Crippen LogP contribution in [0.3, 0.4) is 0 Å². The molecular formula is C20H13FN2O. The van der Waals surface area contributed by atoms with Gasteiger partial charge in [-0.3, -0.25) is 4.98 Å². The maximum Gasteiger partial charge on any atom is 0.224 e. The first-order valence-electron chi connectivity index (χ1n) is 7.56. The zero-order chi connectivity index (χ0) is 16.5. The number of nitrogens with zero attached hydrogens (tertiary/aromatic N) is 2. The second-order valence-electron chi connectivity index (χ2n) is 5.48. The number of halogens is 1. The molecule has 0 unspecified atom stereocenters. The van der Waals surface area contributed by atoms with E-state index in [0.717, 1.165) is 21.2 Å². The molecule has 0 aliphatic carbocycles. The van der Waals surface area contributed by atoms with E-state index >= 15 is 0 Å². The van der Waals surface area contributed by atoms with Crippen molar-refractivity contribution in [2.24, 2.45) is 0 Å². The first-order chi connectivity index (χ1) is 11.7. The van der Waals surface area contributed by atoms with Gasteiger partial charge in [-0.25, -0.2) is 4.39 Å². The summed E-state index contributed by atoms with van der Waals surface area (Å²) in [6, 6.07) is 19.3. The summed E-state index contributed by atoms with van der Waals surface area (Å²) in [5.74, 6) is -0.306. The zero-order valence-electron chi connectivity index (χ0n) is 12.7. The normalized spacial score (nSPS) is 10.9. The summed E-state index contributed by atoms with van der Waals surface area (Å²) in [5, 5.41) is 12.8. The predicted molar refractivity (Wildman–Crippen MR) is 91.5 cm³/mol. The van der Waals surface area contributed by atoms with E-state index in [1.807, 2.05) is 36.4 Å². The molecule has 0 bridgehead atoms. The van der Waals surface area contributed by atoms with Crippen LogP contribution in [0, 0.1) is 11.0 Å². The van der Waals surface area contributed by atoms with Gasteiger partial charge in [0.2, 0.25) is 5.52 Å². The maximum absolute atomic E-state index is 13.6. The average Bonchev–Trinajstić information content (AvgIpc) is 2.62. The Labute approximate surface area is 138 Å². The van der Waals surface area contributed by atoms with Gasteiger partial charge in [-0.15, -0.1) is 0 Å². The van der Waals surface area contributed by atoms with Crippen LogP contribution >= 0.6 is 0 Å². The minimum atomic E-state index is -0.306. The van der Waals surface area contributed by atoms with Crippen molar-refractivity contribution in [3.05, 3.63) is 90.1 Å². The van der Waals surface area contributed by atoms with E-state index in [4.69, 9.17) is 0 Å². The van der Waals surface area contributed by atoms with E-state index in [1.165, 1.54) is 18.3 Å². The lowest BCUT2D eigenvalue weighted by Gasteiger charge is -2.11. The van der Waals surface area contributed by atoms with Crippen LogP contribution in [0.5, 0.6) is 0 Å². The second kappa shape index (κ2) is 5.74. The number of para-hydroxylation sites is 1. The molecule has 3 nitrogen and oxygen atoms in total. The van der Waals surface area contributed by atoms with E-state index in [9.17, 15) is 9.60 Å². The van der Waals surface area contributed by atoms with Gasteiger partial charge in [-0.1, -0.05) is 30.3 Å². The van der Waals surface area contributed by atoms with Gasteiger partial charge in [-0.05, 0) is 24.3 Å². The van der Waals surface area contributed by atoms with Crippen molar-refractivity contribution in [3.8, 4) is 22.4 Å². The molecular weight excluding hydrogens is 303 g/mol. The third-order valence-electron chi connectivity index (χ3n) is 4.00. The smallest absolute Gasteiger partial charge is 0.224 e. The number of aromatic nitrogens is 2. The predicted octanol–water partition coefficient (Wildman–Crippen LogP) is 4.34. The van der Waals surface area contributed by atoms with Crippen molar-refractivity contribution in [3.63, 3.8) is 0 Å². The van der Waals surface area contributed by atoms with Crippen LogP contribution in [0.1, 0.15) is 0 Å². The highest BCUT2D eigenvalue weighted by atomic mass is 19.1. The number of rotatable bonds is 2. The molecule has 0 fully saturated rings. The molecule has 0 aliphatic heterocycles. The van der Waals surface area contributed by atoms with Crippen LogP contribution in [0.2, 0.25) is 0 Å². The van der Waals surface area contributed by atoms with Gasteiger partial charge >= 0.3 is 0 Å². The molecule has 0 saturated carbocycles. The molecule has 4 heteroatoms. The highest BCUT2D eigenvalue weighted by Crippen LogP contribution is 2.33. The van der Waals surface area contributed by atoms with Crippen molar-refractivity contribution in [1.29, 1.82) is 0 Å². The van der Waals surface area contributed by atoms with Crippen LogP contribution in [0.4, 0.5) is 4.39 Å². The number of benzene rings is 2. The highest BCUT2D eigenvalue weighted by molar-refractivity contribution is 5.96. The molecule has 2 aromatic heterocycles. The minimum absolute atomic E-state index is 0.306. The molecule has 0 atom stereocenters. The number of hydrogen-bond acceptors (Lipinski definition) is 2. The van der Waals surface area contributed by atoms with E-state index in [0.29, 0.717) is 16.8 Å². The molecule has 2 aromatic carbocycles. The van der Waals surface area contributed by atoms with Gasteiger partial charge in [0.1, 0.15) is 5.82 Å². The van der Waals surface area contributed by atoms with Crippen LogP contribution < -0.4 is 4.73 Å². The van der Waals surface area contributed by atoms with E-state index < -0.39 is 0 Å². The SMILES string of the molecule is [O-][n+]1ccc(-c2cccnc2-c2cccc(F)c2)c2ccccc21. The summed E-state index contributed by atoms with van der Waals surface area (Å²) in [6.07, 6.45) is 3.17. The number of hydrogen-bond donors (Lipinski definition) is 0. The second-order valence-corrected chi connectivity index (χ2v) is 5.48. The molecule has 4 rings (SSSR count). The van der Waals surface area contributed by atoms with E-state index in [2.05, 4.69) is 4.98 Å². The molecule has 116 valence electrons. The fourth-order valence-corrected chi connectivity index (χ4v) is 2.93. The Hall–Kier alpha value is -3.27. The lowest BCUT2D eigenvalue weighted by Crippen LogP contribution is -2.26. The summed E-state index contributed by atoms with van der Waals surface area (Å²) >= 11 is 0. The van der Waals surface area contributed by atoms with Gasteiger partial charge in [0.05, 0.1) is 11.1 Å². The van der Waals surface area contributed by atoms with E-state index in [-0.39, 0.29) is 5.82 Å². The lowest BCUT2D eigenvalue weighted by molar-refractivity contribution is -0.576. The highest BCUT2D eigenvalue weighted by Gasteiger charge is 2.15. The summed E-state index contributed by atoms with van der Waals surface area (Å²) in [6.45, 7) is 0. The van der Waals surface area contributed by atoms with Crippen molar-refractivity contribution in [2.75, 3.05) is 0 Å². The quantitative estimate of drug-likeness (QED) is 0.407. The standard InChI is InChI=1S/C20H13FN2O/c21-15-6-3-5-14(13-15)20-18(8-4-11-22-20)16-10-12-23(24)19-9-2-1-7-17(16)19/h1-13H. The molecule has 0 radical (unpaired) electrons. The Morgan fingerprint density at radius 3 is 2.62 bits per heavy atom. The fraction of sp³-hybridized carbons (Fsp3) is 0. The molecule has 2 heterocycles. The molecule has 0 amide bonds. The van der Waals surface area contributed by atoms with Crippen LogP contribution in [0.25, 0.3) is 33.3 Å². The summed E-state index contributed by atoms with van der Waals surface area (Å²) < 4.78 is 14.5. The van der Waals surface area contributed by atoms with Crippen molar-refractivity contribution < 1.29 is 9.12 Å². The van der Waals surface area contributed by atoms with E-state index in [1.54, 1.807) is 24.4 Å². The molecule has 0 saturated heterocycles. The monoisotopic (exact) mass is 316 g/mol. The first-order valence-corrected chi connectivity index (χ1v) is 7.56. The minimum Gasteiger partial charge on any atom is -0.618 e. The maximum atomic E-state index is 13.6. The van der Waals surface area contributed by atoms with Gasteiger partial charge in [0.25, 0.3) is 0 Å². The summed E-state index contributed by atoms with van der Waals surface area (Å²) in [4.78, 5) is 4.44. The van der Waals surface area contributed by atoms with Gasteiger partial charge in [0, 0.05) is 35.0 Å². The summed E-state index contributed by atoms with van der Waals surface area (Å²) in [7, 11) is 0. The Bertz CT molecular complexity index is 1050. The Balaban J connectivity index is 2.01. The van der Waals surface area contributed by atoms with Gasteiger partial charge in [0.15, 0.2) is 6.20 Å². The van der Waals surface area contributed by atoms with Crippen LogP contribution in [-0.2, 0) is 0 Å². The summed E-state index contributed by atoms with van der Waals surface area (Å²) in [5.41, 5.74) is 3.73. The van der Waals surface area contributed by atoms with Crippen molar-refractivity contribution in [2.45, 2.75) is 0 Å². The Morgan fingerprint density at radius 1 is 0.875 bits per heavy atom. The molecule has 0 aliphatic rings. The number of fused-ring (bicyclic) bond motifs is 1. The Morgan fingerprint density at radius 2 is 1.75 bits per heavy atom. The van der Waals surface area contributed by atoms with Crippen LogP contribution in [0.15, 0.2) is 79.1 Å². The van der Waals surface area contributed by atoms with Gasteiger partial charge in [-0.2, -0.15) is 4.73 Å². The molecule has 0 N–H and O–H groups in total. The average molecular weight is 316 g/mol. The first kappa shape index (κ1) is 14.3. The third kappa shape index (κ3) is 2.38. The van der Waals surface area contributed by atoms with Crippen molar-refractivity contribution in [1.82, 2.24) is 4.98 Å². The zero-order valence-corrected chi connectivity index (χ0v) is 12.7. The fourth-order valence-electron chi connectivity index (χ4n) is 2.93. The molecule has 0 spiro atoms. The topological polar surface area (TPSA) is 39.8 Å². The lowest BCUT2D eigenvalue weighted by atomic mass is 9.96. The Kier molecular flexibility index (Phi) is 3.43. The third-order valence-corrected chi connectivity index (χ3v) is 4.00. The largest absolute Gasteiger partial charge is 0.618 e. The van der Waals surface area contributed by atoms with Crippen molar-refractivity contribution >= 4 is 10.9 Å². The molecule has 24 heavy (non-hydrogen) atoms. The molecule has 4 aromatic rings.